The molecule has 3 rings (SSSR count). The van der Waals surface area contributed by atoms with Crippen LogP contribution in [-0.2, 0) is 4.79 Å². The number of hydrogen-bond donors (Lipinski definition) is 1. The van der Waals surface area contributed by atoms with Crippen LogP contribution in [0, 0.1) is 5.92 Å². The lowest BCUT2D eigenvalue weighted by molar-refractivity contribution is -0.121. The summed E-state index contributed by atoms with van der Waals surface area (Å²) in [7, 11) is 1.54. The van der Waals surface area contributed by atoms with Gasteiger partial charge in [-0.3, -0.25) is 9.59 Å². The van der Waals surface area contributed by atoms with Gasteiger partial charge in [-0.15, -0.1) is 0 Å². The van der Waals surface area contributed by atoms with Crippen LogP contribution in [0.25, 0.3) is 0 Å². The van der Waals surface area contributed by atoms with Gasteiger partial charge in [0.05, 0.1) is 18.7 Å². The largest absolute Gasteiger partial charge is 0.496 e. The van der Waals surface area contributed by atoms with Crippen LogP contribution < -0.4 is 10.1 Å². The van der Waals surface area contributed by atoms with Gasteiger partial charge in [0, 0.05) is 24.5 Å². The minimum absolute atomic E-state index is 0.0594. The summed E-state index contributed by atoms with van der Waals surface area (Å²) in [5, 5.41) is 3.53. The Kier molecular flexibility index (Phi) is 4.25. The molecule has 2 saturated heterocycles. The zero-order chi connectivity index (χ0) is 15.7. The molecule has 22 heavy (non-hydrogen) atoms. The molecule has 2 unspecified atom stereocenters. The van der Waals surface area contributed by atoms with E-state index in [1.807, 2.05) is 0 Å². The lowest BCUT2D eigenvalue weighted by Crippen LogP contribution is -2.39. The van der Waals surface area contributed by atoms with Crippen LogP contribution in [0.1, 0.15) is 29.6 Å². The Morgan fingerprint density at radius 1 is 1.41 bits per heavy atom. The summed E-state index contributed by atoms with van der Waals surface area (Å²) in [4.78, 5) is 26.2. The highest BCUT2D eigenvalue weighted by Gasteiger charge is 2.38. The molecule has 5 nitrogen and oxygen atoms in total. The normalized spacial score (nSPS) is 24.5. The Labute approximate surface area is 134 Å². The fraction of sp³-hybridized carbons (Fsp3) is 0.500. The molecule has 1 N–H and O–H groups in total. The Balaban J connectivity index is 1.79. The van der Waals surface area contributed by atoms with E-state index in [0.29, 0.717) is 41.8 Å². The van der Waals surface area contributed by atoms with Crippen molar-refractivity contribution < 1.29 is 14.3 Å². The number of fused-ring (bicyclic) bond motifs is 1. The number of rotatable bonds is 2. The molecule has 0 saturated carbocycles. The zero-order valence-electron chi connectivity index (χ0n) is 12.5. The quantitative estimate of drug-likeness (QED) is 0.907. The van der Waals surface area contributed by atoms with E-state index < -0.39 is 0 Å². The molecule has 0 bridgehead atoms. The molecular formula is C16H19ClN2O3. The fourth-order valence-corrected chi connectivity index (χ4v) is 3.49. The third-order valence-corrected chi connectivity index (χ3v) is 4.68. The summed E-state index contributed by atoms with van der Waals surface area (Å²) < 4.78 is 5.26. The van der Waals surface area contributed by atoms with Crippen molar-refractivity contribution in [2.75, 3.05) is 20.2 Å². The fourth-order valence-electron chi connectivity index (χ4n) is 3.31. The number of methoxy groups -OCH3 is 1. The number of likely N-dealkylation sites (tertiary alicyclic amines) is 1. The average Bonchev–Trinajstić information content (AvgIpc) is 2.81. The van der Waals surface area contributed by atoms with Crippen molar-refractivity contribution in [3.05, 3.63) is 28.8 Å². The Bertz CT molecular complexity index is 605. The molecule has 118 valence electrons. The van der Waals surface area contributed by atoms with Gasteiger partial charge in [-0.1, -0.05) is 11.6 Å². The van der Waals surface area contributed by atoms with E-state index in [1.165, 1.54) is 7.11 Å². The van der Waals surface area contributed by atoms with E-state index in [1.54, 1.807) is 23.1 Å². The third-order valence-electron chi connectivity index (χ3n) is 4.45. The van der Waals surface area contributed by atoms with Gasteiger partial charge >= 0.3 is 0 Å². The number of nitrogens with zero attached hydrogens (tertiary/aromatic N) is 1. The molecule has 2 aliphatic heterocycles. The minimum Gasteiger partial charge on any atom is -0.496 e. The molecule has 2 fully saturated rings. The molecule has 2 atom stereocenters. The van der Waals surface area contributed by atoms with Crippen LogP contribution in [0.3, 0.4) is 0 Å². The van der Waals surface area contributed by atoms with Crippen molar-refractivity contribution in [3.8, 4) is 5.75 Å². The second-order valence-electron chi connectivity index (χ2n) is 5.88. The summed E-state index contributed by atoms with van der Waals surface area (Å²) in [5.41, 5.74) is 0.470. The maximum Gasteiger partial charge on any atom is 0.257 e. The van der Waals surface area contributed by atoms with Crippen molar-refractivity contribution in [1.82, 2.24) is 10.2 Å². The second-order valence-corrected chi connectivity index (χ2v) is 6.32. The van der Waals surface area contributed by atoms with Crippen molar-refractivity contribution in [2.24, 2.45) is 5.92 Å². The summed E-state index contributed by atoms with van der Waals surface area (Å²) in [6.45, 7) is 1.21. The van der Waals surface area contributed by atoms with E-state index >= 15 is 0 Å². The number of nitrogens with one attached hydrogen (secondary N) is 1. The highest BCUT2D eigenvalue weighted by atomic mass is 35.5. The summed E-state index contributed by atoms with van der Waals surface area (Å²) >= 11 is 6.00. The molecular weight excluding hydrogens is 304 g/mol. The predicted molar refractivity (Wildman–Crippen MR) is 83.2 cm³/mol. The van der Waals surface area contributed by atoms with Gasteiger partial charge in [0.25, 0.3) is 5.91 Å². The maximum atomic E-state index is 12.8. The molecule has 0 spiro atoms. The highest BCUT2D eigenvalue weighted by Crippen LogP contribution is 2.29. The number of amides is 2. The van der Waals surface area contributed by atoms with Crippen molar-refractivity contribution in [1.29, 1.82) is 0 Å². The lowest BCUT2D eigenvalue weighted by Gasteiger charge is -2.18. The van der Waals surface area contributed by atoms with Crippen LogP contribution in [-0.4, -0.2) is 43.0 Å². The molecule has 0 aromatic heterocycles. The summed E-state index contributed by atoms with van der Waals surface area (Å²) in [6, 6.07) is 5.09. The monoisotopic (exact) mass is 322 g/mol. The Morgan fingerprint density at radius 3 is 3.00 bits per heavy atom. The van der Waals surface area contributed by atoms with Gasteiger partial charge in [-0.05, 0) is 37.0 Å². The van der Waals surface area contributed by atoms with Crippen molar-refractivity contribution in [2.45, 2.75) is 25.3 Å². The molecule has 0 aliphatic carbocycles. The third kappa shape index (κ3) is 2.90. The smallest absolute Gasteiger partial charge is 0.257 e. The number of ether oxygens (including phenoxy) is 1. The van der Waals surface area contributed by atoms with Crippen LogP contribution in [0.2, 0.25) is 5.02 Å². The van der Waals surface area contributed by atoms with E-state index in [2.05, 4.69) is 5.32 Å². The average molecular weight is 323 g/mol. The van der Waals surface area contributed by atoms with Gasteiger partial charge in [-0.2, -0.15) is 0 Å². The number of hydrogen-bond acceptors (Lipinski definition) is 3. The number of benzene rings is 1. The second kappa shape index (κ2) is 6.16. The zero-order valence-corrected chi connectivity index (χ0v) is 13.2. The topological polar surface area (TPSA) is 58.6 Å². The van der Waals surface area contributed by atoms with Gasteiger partial charge in [-0.25, -0.2) is 0 Å². The van der Waals surface area contributed by atoms with E-state index in [-0.39, 0.29) is 17.9 Å². The lowest BCUT2D eigenvalue weighted by atomic mass is 9.99. The van der Waals surface area contributed by atoms with E-state index in [4.69, 9.17) is 16.3 Å². The summed E-state index contributed by atoms with van der Waals surface area (Å²) in [6.07, 6.45) is 2.44. The SMILES string of the molecule is COc1ccc(Cl)cc1C(=O)N1CC2CCCC(=O)NC2C1. The van der Waals surface area contributed by atoms with Crippen LogP contribution in [0.15, 0.2) is 18.2 Å². The van der Waals surface area contributed by atoms with Gasteiger partial charge in [0.15, 0.2) is 0 Å². The molecule has 2 heterocycles. The first kappa shape index (κ1) is 15.2. The van der Waals surface area contributed by atoms with Gasteiger partial charge < -0.3 is 15.0 Å². The van der Waals surface area contributed by atoms with Gasteiger partial charge in [0.1, 0.15) is 5.75 Å². The predicted octanol–water partition coefficient (Wildman–Crippen LogP) is 2.09. The number of carbonyl (C=O) groups is 2. The van der Waals surface area contributed by atoms with E-state index in [0.717, 1.165) is 12.8 Å². The standard InChI is InChI=1S/C16H19ClN2O3/c1-22-14-6-5-11(17)7-12(14)16(21)19-8-10-3-2-4-15(20)18-13(10)9-19/h5-7,10,13H,2-4,8-9H2,1H3,(H,18,20). The highest BCUT2D eigenvalue weighted by molar-refractivity contribution is 6.31. The Hall–Kier alpha value is -1.75. The minimum atomic E-state index is -0.0957. The van der Waals surface area contributed by atoms with Crippen LogP contribution in [0.5, 0.6) is 5.75 Å². The van der Waals surface area contributed by atoms with Crippen LogP contribution >= 0.6 is 11.6 Å². The first-order valence-electron chi connectivity index (χ1n) is 7.50. The maximum absolute atomic E-state index is 12.8. The molecule has 0 radical (unpaired) electrons. The van der Waals surface area contributed by atoms with Gasteiger partial charge in [0.2, 0.25) is 5.91 Å². The molecule has 2 aliphatic rings. The molecule has 6 heteroatoms. The Morgan fingerprint density at radius 2 is 2.23 bits per heavy atom. The summed E-state index contributed by atoms with van der Waals surface area (Å²) in [5.74, 6) is 0.843. The van der Waals surface area contributed by atoms with Crippen molar-refractivity contribution >= 4 is 23.4 Å². The molecule has 2 amide bonds. The number of carbonyl (C=O) groups excluding carboxylic acids is 2. The molecule has 1 aromatic rings. The first-order valence-corrected chi connectivity index (χ1v) is 7.88. The first-order chi connectivity index (χ1) is 10.6. The van der Waals surface area contributed by atoms with Crippen molar-refractivity contribution in [3.63, 3.8) is 0 Å². The van der Waals surface area contributed by atoms with E-state index in [9.17, 15) is 9.59 Å². The van der Waals surface area contributed by atoms with Crippen LogP contribution in [0.4, 0.5) is 0 Å². The number of halogens is 1. The molecule has 1 aromatic carbocycles.